The van der Waals surface area contributed by atoms with Crippen LogP contribution in [0.3, 0.4) is 0 Å². The van der Waals surface area contributed by atoms with Crippen LogP contribution in [0.2, 0.25) is 0 Å². The topological polar surface area (TPSA) is 52.7 Å². The SMILES string of the molecule is CCNC(=O)CN(CC)CC(=O)N(C)Cc1ccccc1C. The summed E-state index contributed by atoms with van der Waals surface area (Å²) in [4.78, 5) is 27.5. The Kier molecular flexibility index (Phi) is 7.60. The molecule has 1 aromatic carbocycles. The number of hydrogen-bond donors (Lipinski definition) is 1. The molecule has 5 heteroatoms. The van der Waals surface area contributed by atoms with Gasteiger partial charge in [-0.3, -0.25) is 14.5 Å². The molecule has 1 N–H and O–H groups in total. The predicted octanol–water partition coefficient (Wildman–Crippen LogP) is 1.41. The smallest absolute Gasteiger partial charge is 0.236 e. The lowest BCUT2D eigenvalue weighted by molar-refractivity contribution is -0.132. The van der Waals surface area contributed by atoms with Gasteiger partial charge in [-0.1, -0.05) is 31.2 Å². The van der Waals surface area contributed by atoms with Crippen LogP contribution in [0.15, 0.2) is 24.3 Å². The zero-order valence-electron chi connectivity index (χ0n) is 14.1. The van der Waals surface area contributed by atoms with Crippen LogP contribution in [0.5, 0.6) is 0 Å². The first-order valence-corrected chi connectivity index (χ1v) is 7.75. The summed E-state index contributed by atoms with van der Waals surface area (Å²) in [6.45, 7) is 8.26. The molecule has 1 rings (SSSR count). The van der Waals surface area contributed by atoms with E-state index in [2.05, 4.69) is 5.32 Å². The van der Waals surface area contributed by atoms with Crippen LogP contribution in [-0.2, 0) is 16.1 Å². The molecule has 0 atom stereocenters. The molecule has 122 valence electrons. The molecular formula is C17H27N3O2. The summed E-state index contributed by atoms with van der Waals surface area (Å²) in [5.74, 6) is -0.0203. The molecule has 0 unspecified atom stereocenters. The standard InChI is InChI=1S/C17H27N3O2/c1-5-18-16(21)12-20(6-2)13-17(22)19(4)11-15-10-8-7-9-14(15)3/h7-10H,5-6,11-13H2,1-4H3,(H,18,21). The largest absolute Gasteiger partial charge is 0.355 e. The average molecular weight is 305 g/mol. The molecule has 0 bridgehead atoms. The van der Waals surface area contributed by atoms with Gasteiger partial charge in [0.25, 0.3) is 0 Å². The van der Waals surface area contributed by atoms with Crippen LogP contribution < -0.4 is 5.32 Å². The third-order valence-corrected chi connectivity index (χ3v) is 3.64. The van der Waals surface area contributed by atoms with Crippen molar-refractivity contribution in [1.29, 1.82) is 0 Å². The van der Waals surface area contributed by atoms with Crippen molar-refractivity contribution in [2.24, 2.45) is 0 Å². The number of rotatable bonds is 8. The molecule has 0 saturated heterocycles. The first kappa shape index (κ1) is 18.2. The fourth-order valence-electron chi connectivity index (χ4n) is 2.18. The number of nitrogens with one attached hydrogen (secondary N) is 1. The number of aryl methyl sites for hydroxylation is 1. The number of benzene rings is 1. The second kappa shape index (κ2) is 9.20. The normalized spacial score (nSPS) is 10.6. The minimum atomic E-state index is -0.0429. The lowest BCUT2D eigenvalue weighted by Gasteiger charge is -2.24. The first-order valence-electron chi connectivity index (χ1n) is 7.75. The van der Waals surface area contributed by atoms with Gasteiger partial charge in [0.2, 0.25) is 11.8 Å². The number of nitrogens with zero attached hydrogens (tertiary/aromatic N) is 2. The van der Waals surface area contributed by atoms with E-state index in [0.29, 0.717) is 19.6 Å². The van der Waals surface area contributed by atoms with Crippen LogP contribution in [0, 0.1) is 6.92 Å². The van der Waals surface area contributed by atoms with Crippen LogP contribution >= 0.6 is 0 Å². The van der Waals surface area contributed by atoms with Crippen LogP contribution in [0.1, 0.15) is 25.0 Å². The Hall–Kier alpha value is -1.88. The van der Waals surface area contributed by atoms with E-state index in [-0.39, 0.29) is 24.9 Å². The second-order valence-corrected chi connectivity index (χ2v) is 5.43. The first-order chi connectivity index (χ1) is 10.5. The van der Waals surface area contributed by atoms with E-state index >= 15 is 0 Å². The minimum absolute atomic E-state index is 0.0226. The molecule has 0 fully saturated rings. The molecule has 0 radical (unpaired) electrons. The molecule has 22 heavy (non-hydrogen) atoms. The Labute approximate surface area is 133 Å². The van der Waals surface area contributed by atoms with E-state index in [4.69, 9.17) is 0 Å². The van der Waals surface area contributed by atoms with Gasteiger partial charge in [-0.05, 0) is 31.5 Å². The van der Waals surface area contributed by atoms with Crippen LogP contribution in [0.25, 0.3) is 0 Å². The molecule has 0 aliphatic rings. The summed E-state index contributed by atoms with van der Waals surface area (Å²) < 4.78 is 0. The van der Waals surface area contributed by atoms with E-state index in [1.807, 2.05) is 49.9 Å². The Morgan fingerprint density at radius 3 is 2.41 bits per heavy atom. The van der Waals surface area contributed by atoms with Crippen molar-refractivity contribution in [2.75, 3.05) is 33.2 Å². The van der Waals surface area contributed by atoms with E-state index in [0.717, 1.165) is 5.56 Å². The van der Waals surface area contributed by atoms with Gasteiger partial charge in [-0.25, -0.2) is 0 Å². The Bertz CT molecular complexity index is 502. The summed E-state index contributed by atoms with van der Waals surface area (Å²) in [7, 11) is 1.80. The molecule has 0 spiro atoms. The number of likely N-dealkylation sites (N-methyl/N-ethyl adjacent to an activating group) is 3. The summed E-state index contributed by atoms with van der Waals surface area (Å²) in [6.07, 6.45) is 0. The van der Waals surface area contributed by atoms with Crippen molar-refractivity contribution in [3.63, 3.8) is 0 Å². The van der Waals surface area contributed by atoms with Crippen molar-refractivity contribution in [2.45, 2.75) is 27.3 Å². The molecular weight excluding hydrogens is 278 g/mol. The summed E-state index contributed by atoms with van der Waals surface area (Å²) >= 11 is 0. The van der Waals surface area contributed by atoms with Gasteiger partial charge in [0.15, 0.2) is 0 Å². The molecule has 5 nitrogen and oxygen atoms in total. The highest BCUT2D eigenvalue weighted by atomic mass is 16.2. The Morgan fingerprint density at radius 2 is 1.82 bits per heavy atom. The minimum Gasteiger partial charge on any atom is -0.355 e. The van der Waals surface area contributed by atoms with Gasteiger partial charge in [0.1, 0.15) is 0 Å². The third-order valence-electron chi connectivity index (χ3n) is 3.64. The van der Waals surface area contributed by atoms with E-state index in [1.54, 1.807) is 11.9 Å². The second-order valence-electron chi connectivity index (χ2n) is 5.43. The fraction of sp³-hybridized carbons (Fsp3) is 0.529. The maximum absolute atomic E-state index is 12.3. The van der Waals surface area contributed by atoms with E-state index in [9.17, 15) is 9.59 Å². The maximum atomic E-state index is 12.3. The highest BCUT2D eigenvalue weighted by Crippen LogP contribution is 2.09. The molecule has 0 aliphatic heterocycles. The molecule has 2 amide bonds. The van der Waals surface area contributed by atoms with Crippen LogP contribution in [0.4, 0.5) is 0 Å². The zero-order valence-corrected chi connectivity index (χ0v) is 14.1. The van der Waals surface area contributed by atoms with Gasteiger partial charge in [0.05, 0.1) is 13.1 Å². The average Bonchev–Trinajstić information content (AvgIpc) is 2.48. The van der Waals surface area contributed by atoms with Crippen molar-refractivity contribution in [3.05, 3.63) is 35.4 Å². The number of hydrogen-bond acceptors (Lipinski definition) is 3. The molecule has 0 heterocycles. The van der Waals surface area contributed by atoms with Gasteiger partial charge in [-0.2, -0.15) is 0 Å². The number of carbonyl (C=O) groups excluding carboxylic acids is 2. The van der Waals surface area contributed by atoms with Gasteiger partial charge in [-0.15, -0.1) is 0 Å². The highest BCUT2D eigenvalue weighted by molar-refractivity contribution is 5.81. The summed E-state index contributed by atoms with van der Waals surface area (Å²) in [5.41, 5.74) is 2.32. The predicted molar refractivity (Wildman–Crippen MR) is 88.5 cm³/mol. The Morgan fingerprint density at radius 1 is 1.14 bits per heavy atom. The quantitative estimate of drug-likeness (QED) is 0.790. The van der Waals surface area contributed by atoms with E-state index < -0.39 is 0 Å². The van der Waals surface area contributed by atoms with Gasteiger partial charge >= 0.3 is 0 Å². The van der Waals surface area contributed by atoms with Crippen molar-refractivity contribution >= 4 is 11.8 Å². The fourth-order valence-corrected chi connectivity index (χ4v) is 2.18. The number of amides is 2. The number of carbonyl (C=O) groups is 2. The van der Waals surface area contributed by atoms with Crippen LogP contribution in [-0.4, -0.2) is 54.8 Å². The third kappa shape index (κ3) is 5.85. The van der Waals surface area contributed by atoms with Gasteiger partial charge in [0, 0.05) is 20.1 Å². The molecule has 1 aromatic rings. The maximum Gasteiger partial charge on any atom is 0.236 e. The highest BCUT2D eigenvalue weighted by Gasteiger charge is 2.16. The van der Waals surface area contributed by atoms with Crippen molar-refractivity contribution in [3.8, 4) is 0 Å². The zero-order chi connectivity index (χ0) is 16.5. The lowest BCUT2D eigenvalue weighted by atomic mass is 10.1. The lowest BCUT2D eigenvalue weighted by Crippen LogP contribution is -2.43. The molecule has 0 aliphatic carbocycles. The van der Waals surface area contributed by atoms with Crippen molar-refractivity contribution in [1.82, 2.24) is 15.1 Å². The summed E-state index contributed by atoms with van der Waals surface area (Å²) in [6, 6.07) is 8.05. The molecule has 0 aromatic heterocycles. The monoisotopic (exact) mass is 305 g/mol. The molecule has 0 saturated carbocycles. The van der Waals surface area contributed by atoms with Crippen molar-refractivity contribution < 1.29 is 9.59 Å². The van der Waals surface area contributed by atoms with Gasteiger partial charge < -0.3 is 10.2 Å². The Balaban J connectivity index is 2.55. The van der Waals surface area contributed by atoms with E-state index in [1.165, 1.54) is 5.56 Å². The summed E-state index contributed by atoms with van der Waals surface area (Å²) in [5, 5.41) is 2.75.